The number of anilines is 1. The van der Waals surface area contributed by atoms with Crippen molar-refractivity contribution in [1.29, 1.82) is 0 Å². The van der Waals surface area contributed by atoms with E-state index in [2.05, 4.69) is 30.0 Å². The van der Waals surface area contributed by atoms with E-state index in [-0.39, 0.29) is 0 Å². The SMILES string of the molecule is Cc1cccc2sc(N3CC(CN(C)S(C)(=O)=O)C3)nc12. The molecule has 2 aromatic rings. The summed E-state index contributed by atoms with van der Waals surface area (Å²) in [6.45, 7) is 4.41. The maximum atomic E-state index is 11.4. The van der Waals surface area contributed by atoms with Crippen LogP contribution in [0.1, 0.15) is 5.56 Å². The standard InChI is InChI=1S/C14H19N3O2S2/c1-10-5-4-6-12-13(10)15-14(20-12)17-8-11(9-17)7-16(2)21(3,18)19/h4-6,11H,7-9H2,1-3H3. The van der Waals surface area contributed by atoms with Gasteiger partial charge in [-0.15, -0.1) is 0 Å². The Morgan fingerprint density at radius 3 is 2.76 bits per heavy atom. The normalized spacial score (nSPS) is 16.7. The van der Waals surface area contributed by atoms with Gasteiger partial charge in [-0.05, 0) is 18.6 Å². The maximum Gasteiger partial charge on any atom is 0.210 e. The van der Waals surface area contributed by atoms with Gasteiger partial charge in [-0.1, -0.05) is 23.5 Å². The van der Waals surface area contributed by atoms with Gasteiger partial charge in [-0.2, -0.15) is 0 Å². The van der Waals surface area contributed by atoms with Crippen molar-refractivity contribution in [2.24, 2.45) is 5.92 Å². The zero-order valence-corrected chi connectivity index (χ0v) is 14.0. The van der Waals surface area contributed by atoms with Crippen molar-refractivity contribution in [3.05, 3.63) is 23.8 Å². The molecule has 1 saturated heterocycles. The average Bonchev–Trinajstić information content (AvgIpc) is 2.76. The van der Waals surface area contributed by atoms with Gasteiger partial charge in [0.05, 0.1) is 16.5 Å². The second-order valence-electron chi connectivity index (χ2n) is 5.73. The van der Waals surface area contributed by atoms with E-state index in [0.717, 1.165) is 23.7 Å². The van der Waals surface area contributed by atoms with Crippen LogP contribution in [0.5, 0.6) is 0 Å². The molecule has 21 heavy (non-hydrogen) atoms. The van der Waals surface area contributed by atoms with Crippen LogP contribution in [0, 0.1) is 12.8 Å². The molecule has 1 aromatic carbocycles. The number of fused-ring (bicyclic) bond motifs is 1. The topological polar surface area (TPSA) is 53.5 Å². The van der Waals surface area contributed by atoms with Gasteiger partial charge in [0.1, 0.15) is 0 Å². The Labute approximate surface area is 129 Å². The van der Waals surface area contributed by atoms with Gasteiger partial charge in [0.2, 0.25) is 10.0 Å². The molecule has 0 bridgehead atoms. The number of rotatable bonds is 4. The highest BCUT2D eigenvalue weighted by molar-refractivity contribution is 7.88. The first kappa shape index (κ1) is 14.7. The Balaban J connectivity index is 1.67. The monoisotopic (exact) mass is 325 g/mol. The molecule has 1 fully saturated rings. The molecule has 3 rings (SSSR count). The van der Waals surface area contributed by atoms with Crippen molar-refractivity contribution in [3.63, 3.8) is 0 Å². The number of aromatic nitrogens is 1. The Morgan fingerprint density at radius 1 is 1.43 bits per heavy atom. The van der Waals surface area contributed by atoms with Crippen LogP contribution in [0.4, 0.5) is 5.13 Å². The molecule has 2 heterocycles. The van der Waals surface area contributed by atoms with Crippen molar-refractivity contribution in [1.82, 2.24) is 9.29 Å². The van der Waals surface area contributed by atoms with Gasteiger partial charge >= 0.3 is 0 Å². The van der Waals surface area contributed by atoms with Gasteiger partial charge in [-0.25, -0.2) is 17.7 Å². The van der Waals surface area contributed by atoms with E-state index < -0.39 is 10.0 Å². The van der Waals surface area contributed by atoms with E-state index in [1.165, 1.54) is 20.8 Å². The first-order valence-corrected chi connectivity index (χ1v) is 9.53. The van der Waals surface area contributed by atoms with Crippen molar-refractivity contribution in [2.75, 3.05) is 37.8 Å². The van der Waals surface area contributed by atoms with Crippen LogP contribution < -0.4 is 4.90 Å². The zero-order chi connectivity index (χ0) is 15.2. The molecule has 0 unspecified atom stereocenters. The van der Waals surface area contributed by atoms with E-state index in [9.17, 15) is 8.42 Å². The van der Waals surface area contributed by atoms with Gasteiger partial charge < -0.3 is 4.90 Å². The van der Waals surface area contributed by atoms with E-state index in [1.54, 1.807) is 18.4 Å². The fourth-order valence-corrected chi connectivity index (χ4v) is 4.09. The summed E-state index contributed by atoms with van der Waals surface area (Å²) >= 11 is 1.70. The highest BCUT2D eigenvalue weighted by Crippen LogP contribution is 2.34. The minimum Gasteiger partial charge on any atom is -0.347 e. The number of benzene rings is 1. The van der Waals surface area contributed by atoms with Crippen molar-refractivity contribution >= 4 is 36.7 Å². The summed E-state index contributed by atoms with van der Waals surface area (Å²) in [7, 11) is -1.44. The van der Waals surface area contributed by atoms with Gasteiger partial charge in [-0.3, -0.25) is 0 Å². The van der Waals surface area contributed by atoms with Gasteiger partial charge in [0.25, 0.3) is 0 Å². The molecule has 0 spiro atoms. The second kappa shape index (κ2) is 5.23. The minimum atomic E-state index is -3.08. The second-order valence-corrected chi connectivity index (χ2v) is 8.83. The molecule has 1 aromatic heterocycles. The first-order valence-electron chi connectivity index (χ1n) is 6.87. The summed E-state index contributed by atoms with van der Waals surface area (Å²) in [5.74, 6) is 0.387. The van der Waals surface area contributed by atoms with Crippen LogP contribution in [0.15, 0.2) is 18.2 Å². The Hall–Kier alpha value is -1.18. The molecule has 0 atom stereocenters. The summed E-state index contributed by atoms with van der Waals surface area (Å²) in [5, 5.41) is 1.04. The molecule has 5 nitrogen and oxygen atoms in total. The third-order valence-electron chi connectivity index (χ3n) is 3.92. The average molecular weight is 325 g/mol. The molecular formula is C14H19N3O2S2. The van der Waals surface area contributed by atoms with Crippen LogP contribution in [0.25, 0.3) is 10.2 Å². The Bertz CT molecular complexity index is 764. The van der Waals surface area contributed by atoms with Crippen LogP contribution in [0.2, 0.25) is 0 Å². The van der Waals surface area contributed by atoms with Crippen LogP contribution in [-0.2, 0) is 10.0 Å². The molecule has 0 radical (unpaired) electrons. The third kappa shape index (κ3) is 2.90. The third-order valence-corrected chi connectivity index (χ3v) is 6.28. The van der Waals surface area contributed by atoms with E-state index in [1.807, 2.05) is 0 Å². The Morgan fingerprint density at radius 2 is 2.14 bits per heavy atom. The summed E-state index contributed by atoms with van der Waals surface area (Å²) in [5.41, 5.74) is 2.28. The van der Waals surface area contributed by atoms with Crippen LogP contribution in [-0.4, -0.2) is 50.6 Å². The van der Waals surface area contributed by atoms with E-state index in [4.69, 9.17) is 4.98 Å². The number of thiazole rings is 1. The molecular weight excluding hydrogens is 306 g/mol. The summed E-state index contributed by atoms with van der Waals surface area (Å²) in [6.07, 6.45) is 1.25. The smallest absolute Gasteiger partial charge is 0.210 e. The van der Waals surface area contributed by atoms with Crippen molar-refractivity contribution in [2.45, 2.75) is 6.92 Å². The lowest BCUT2D eigenvalue weighted by atomic mass is 10.0. The van der Waals surface area contributed by atoms with Crippen molar-refractivity contribution < 1.29 is 8.42 Å². The van der Waals surface area contributed by atoms with Gasteiger partial charge in [0.15, 0.2) is 5.13 Å². The molecule has 1 aliphatic heterocycles. The fourth-order valence-electron chi connectivity index (χ4n) is 2.55. The zero-order valence-electron chi connectivity index (χ0n) is 12.4. The predicted octanol–water partition coefficient (Wildman–Crippen LogP) is 1.93. The highest BCUT2D eigenvalue weighted by atomic mass is 32.2. The van der Waals surface area contributed by atoms with Crippen LogP contribution in [0.3, 0.4) is 0 Å². The minimum absolute atomic E-state index is 0.387. The molecule has 1 aliphatic rings. The first-order chi connectivity index (χ1) is 9.84. The number of sulfonamides is 1. The summed E-state index contributed by atoms with van der Waals surface area (Å²) in [4.78, 5) is 6.94. The largest absolute Gasteiger partial charge is 0.347 e. The van der Waals surface area contributed by atoms with Crippen LogP contribution >= 0.6 is 11.3 Å². The number of hydrogen-bond acceptors (Lipinski definition) is 5. The summed E-state index contributed by atoms with van der Waals surface area (Å²) < 4.78 is 25.5. The van der Waals surface area contributed by atoms with Crippen molar-refractivity contribution in [3.8, 4) is 0 Å². The molecule has 0 saturated carbocycles. The lowest BCUT2D eigenvalue weighted by Crippen LogP contribution is -2.51. The maximum absolute atomic E-state index is 11.4. The lowest BCUT2D eigenvalue weighted by Gasteiger charge is -2.40. The molecule has 0 N–H and O–H groups in total. The highest BCUT2D eigenvalue weighted by Gasteiger charge is 2.31. The molecule has 7 heteroatoms. The molecule has 0 aliphatic carbocycles. The number of hydrogen-bond donors (Lipinski definition) is 0. The lowest BCUT2D eigenvalue weighted by molar-refractivity contribution is 0.328. The number of para-hydroxylation sites is 1. The number of nitrogens with zero attached hydrogens (tertiary/aromatic N) is 3. The predicted molar refractivity (Wildman–Crippen MR) is 87.5 cm³/mol. The summed E-state index contributed by atoms with van der Waals surface area (Å²) in [6, 6.07) is 6.23. The van der Waals surface area contributed by atoms with E-state index >= 15 is 0 Å². The fraction of sp³-hybridized carbons (Fsp3) is 0.500. The molecule has 0 amide bonds. The molecule has 114 valence electrons. The number of aryl methyl sites for hydroxylation is 1. The Kier molecular flexibility index (Phi) is 3.67. The quantitative estimate of drug-likeness (QED) is 0.862. The van der Waals surface area contributed by atoms with E-state index in [0.29, 0.717) is 12.5 Å². The van der Waals surface area contributed by atoms with Gasteiger partial charge in [0, 0.05) is 32.6 Å².